The van der Waals surface area contributed by atoms with Crippen molar-refractivity contribution in [2.45, 2.75) is 37.9 Å². The molecule has 0 radical (unpaired) electrons. The number of likely N-dealkylation sites (N-methyl/N-ethyl adjacent to an activating group) is 1. The van der Waals surface area contributed by atoms with Crippen molar-refractivity contribution >= 4 is 17.9 Å². The van der Waals surface area contributed by atoms with Crippen molar-refractivity contribution in [1.29, 1.82) is 0 Å². The number of carboxylic acids is 2. The number of hydrogen-bond acceptors (Lipinski definition) is 5. The average molecular weight is 306 g/mol. The smallest absolute Gasteiger partial charge is 0.308 e. The van der Waals surface area contributed by atoms with Gasteiger partial charge in [0.25, 0.3) is 0 Å². The lowest BCUT2D eigenvalue weighted by Crippen LogP contribution is -2.44. The number of esters is 1. The Labute approximate surface area is 123 Å². The lowest BCUT2D eigenvalue weighted by molar-refractivity contribution is -0.873. The molecule has 21 heavy (non-hydrogen) atoms. The molecule has 0 amide bonds. The van der Waals surface area contributed by atoms with E-state index in [0.29, 0.717) is 11.0 Å². The normalized spacial score (nSPS) is 14.3. The molecule has 0 spiro atoms. The molecule has 0 aliphatic heterocycles. The quantitative estimate of drug-likeness (QED) is 0.374. The van der Waals surface area contributed by atoms with Crippen LogP contribution in [0.15, 0.2) is 0 Å². The fourth-order valence-corrected chi connectivity index (χ4v) is 1.77. The summed E-state index contributed by atoms with van der Waals surface area (Å²) < 4.78 is 5.50. The van der Waals surface area contributed by atoms with Crippen LogP contribution in [0, 0.1) is 0 Å². The monoisotopic (exact) mass is 306 g/mol. The van der Waals surface area contributed by atoms with E-state index in [2.05, 4.69) is 0 Å². The van der Waals surface area contributed by atoms with Crippen molar-refractivity contribution < 1.29 is 38.9 Å². The van der Waals surface area contributed by atoms with E-state index in [1.807, 2.05) is 21.1 Å². The van der Waals surface area contributed by atoms with Crippen molar-refractivity contribution in [1.82, 2.24) is 0 Å². The van der Waals surface area contributed by atoms with Gasteiger partial charge in [-0.05, 0) is 6.42 Å². The number of carbonyl (C=O) groups is 3. The van der Waals surface area contributed by atoms with Crippen LogP contribution in [0.1, 0.15) is 25.7 Å². The van der Waals surface area contributed by atoms with Gasteiger partial charge in [0, 0.05) is 6.42 Å². The first-order chi connectivity index (χ1) is 9.49. The Morgan fingerprint density at radius 1 is 1.05 bits per heavy atom. The highest BCUT2D eigenvalue weighted by atomic mass is 16.5. The van der Waals surface area contributed by atoms with E-state index in [4.69, 9.17) is 14.9 Å². The molecule has 0 aliphatic rings. The summed E-state index contributed by atoms with van der Waals surface area (Å²) in [6, 6.07) is 0. The number of ether oxygens (including phenoxy) is 1. The summed E-state index contributed by atoms with van der Waals surface area (Å²) in [7, 11) is 5.51. The average Bonchev–Trinajstić information content (AvgIpc) is 2.22. The molecule has 0 saturated carbocycles. The van der Waals surface area contributed by atoms with Crippen molar-refractivity contribution in [3.8, 4) is 0 Å². The van der Waals surface area contributed by atoms with Gasteiger partial charge in [-0.25, -0.2) is 0 Å². The predicted octanol–water partition coefficient (Wildman–Crippen LogP) is -0.305. The minimum absolute atomic E-state index is 0.0522. The van der Waals surface area contributed by atoms with Crippen LogP contribution in [0.3, 0.4) is 0 Å². The first kappa shape index (κ1) is 19.3. The molecule has 2 unspecified atom stereocenters. The molecule has 122 valence electrons. The number of carbonyl (C=O) groups excluding carboxylic acids is 1. The summed E-state index contributed by atoms with van der Waals surface area (Å²) in [5, 5.41) is 26.8. The third-order valence-corrected chi connectivity index (χ3v) is 2.55. The van der Waals surface area contributed by atoms with Gasteiger partial charge in [-0.1, -0.05) is 0 Å². The standard InChI is InChI=1S/C13H23NO7/c1-14(2,3)8-10(7-12(18)19)21-13(20)6-9(15)4-5-11(16)17/h9-10,15H,4-8H2,1-3H3,(H-,16,17,18,19)/p+1. The number of hydrogen-bond donors (Lipinski definition) is 3. The lowest BCUT2D eigenvalue weighted by atomic mass is 10.1. The van der Waals surface area contributed by atoms with Crippen molar-refractivity contribution in [3.05, 3.63) is 0 Å². The number of aliphatic hydroxyl groups excluding tert-OH is 1. The largest absolute Gasteiger partial charge is 0.481 e. The minimum Gasteiger partial charge on any atom is -0.481 e. The number of quaternary nitrogens is 1. The van der Waals surface area contributed by atoms with Crippen LogP contribution in [0.25, 0.3) is 0 Å². The number of rotatable bonds is 10. The summed E-state index contributed by atoms with van der Waals surface area (Å²) in [5.74, 6) is -2.86. The van der Waals surface area contributed by atoms with Gasteiger partial charge in [0.05, 0.1) is 40.1 Å². The Balaban J connectivity index is 4.38. The van der Waals surface area contributed by atoms with Crippen LogP contribution in [-0.4, -0.2) is 77.6 Å². The molecule has 0 aromatic heterocycles. The molecule has 8 nitrogen and oxygen atoms in total. The molecule has 0 aromatic rings. The Morgan fingerprint density at radius 3 is 2.05 bits per heavy atom. The van der Waals surface area contributed by atoms with E-state index in [0.717, 1.165) is 0 Å². The van der Waals surface area contributed by atoms with Gasteiger partial charge in [0.2, 0.25) is 0 Å². The fraction of sp³-hybridized carbons (Fsp3) is 0.769. The van der Waals surface area contributed by atoms with Gasteiger partial charge in [0.15, 0.2) is 6.10 Å². The highest BCUT2D eigenvalue weighted by Crippen LogP contribution is 2.09. The van der Waals surface area contributed by atoms with E-state index >= 15 is 0 Å². The van der Waals surface area contributed by atoms with E-state index in [9.17, 15) is 19.5 Å². The maximum Gasteiger partial charge on any atom is 0.308 e. The second-order valence-corrected chi connectivity index (χ2v) is 5.97. The third-order valence-electron chi connectivity index (χ3n) is 2.55. The summed E-state index contributed by atoms with van der Waals surface area (Å²) in [6.07, 6.45) is -2.85. The second kappa shape index (κ2) is 8.58. The molecular formula is C13H24NO7+. The molecule has 0 rings (SSSR count). The maximum atomic E-state index is 11.6. The van der Waals surface area contributed by atoms with E-state index in [-0.39, 0.29) is 25.7 Å². The van der Waals surface area contributed by atoms with Gasteiger partial charge in [-0.15, -0.1) is 0 Å². The van der Waals surface area contributed by atoms with Gasteiger partial charge in [-0.3, -0.25) is 14.4 Å². The zero-order valence-electron chi connectivity index (χ0n) is 12.6. The molecule has 8 heteroatoms. The van der Waals surface area contributed by atoms with Gasteiger partial charge < -0.3 is 24.5 Å². The summed E-state index contributed by atoms with van der Waals surface area (Å²) in [6.45, 7) is 0.323. The molecule has 0 aliphatic carbocycles. The third kappa shape index (κ3) is 11.8. The molecule has 0 saturated heterocycles. The molecule has 3 N–H and O–H groups in total. The van der Waals surface area contributed by atoms with E-state index in [1.54, 1.807) is 0 Å². The maximum absolute atomic E-state index is 11.6. The summed E-state index contributed by atoms with van der Waals surface area (Å²) in [5.41, 5.74) is 0. The molecule has 0 fully saturated rings. The molecular weight excluding hydrogens is 282 g/mol. The molecule has 0 aromatic carbocycles. The molecule has 0 heterocycles. The van der Waals surface area contributed by atoms with Crippen molar-refractivity contribution in [3.63, 3.8) is 0 Å². The zero-order chi connectivity index (χ0) is 16.6. The minimum atomic E-state index is -1.11. The van der Waals surface area contributed by atoms with Crippen LogP contribution in [-0.2, 0) is 19.1 Å². The van der Waals surface area contributed by atoms with Crippen LogP contribution in [0.2, 0.25) is 0 Å². The SMILES string of the molecule is C[N+](C)(C)CC(CC(=O)O)OC(=O)CC(O)CCC(=O)O. The van der Waals surface area contributed by atoms with Crippen molar-refractivity contribution in [2.24, 2.45) is 0 Å². The van der Waals surface area contributed by atoms with Gasteiger partial charge in [0.1, 0.15) is 6.54 Å². The topological polar surface area (TPSA) is 121 Å². The first-order valence-electron chi connectivity index (χ1n) is 6.61. The number of carboxylic acid groups (broad SMARTS) is 2. The number of aliphatic hydroxyl groups is 1. The lowest BCUT2D eigenvalue weighted by Gasteiger charge is -2.28. The Kier molecular flexibility index (Phi) is 7.90. The first-order valence-corrected chi connectivity index (χ1v) is 6.61. The predicted molar refractivity (Wildman–Crippen MR) is 72.5 cm³/mol. The summed E-state index contributed by atoms with van der Waals surface area (Å²) >= 11 is 0. The molecule has 2 atom stereocenters. The molecule has 0 bridgehead atoms. The van der Waals surface area contributed by atoms with Crippen LogP contribution < -0.4 is 0 Å². The van der Waals surface area contributed by atoms with Crippen molar-refractivity contribution in [2.75, 3.05) is 27.7 Å². The Morgan fingerprint density at radius 2 is 1.62 bits per heavy atom. The number of nitrogens with zero attached hydrogens (tertiary/aromatic N) is 1. The zero-order valence-corrected chi connectivity index (χ0v) is 12.6. The van der Waals surface area contributed by atoms with E-state index in [1.165, 1.54) is 0 Å². The van der Waals surface area contributed by atoms with Gasteiger partial charge >= 0.3 is 17.9 Å². The van der Waals surface area contributed by atoms with Crippen LogP contribution in [0.5, 0.6) is 0 Å². The second-order valence-electron chi connectivity index (χ2n) is 5.97. The highest BCUT2D eigenvalue weighted by molar-refractivity contribution is 5.72. The van der Waals surface area contributed by atoms with Crippen LogP contribution in [0.4, 0.5) is 0 Å². The Bertz CT molecular complexity index is 375. The fourth-order valence-electron chi connectivity index (χ4n) is 1.77. The summed E-state index contributed by atoms with van der Waals surface area (Å²) in [4.78, 5) is 32.8. The number of aliphatic carboxylic acids is 2. The Hall–Kier alpha value is -1.67. The highest BCUT2D eigenvalue weighted by Gasteiger charge is 2.25. The van der Waals surface area contributed by atoms with Gasteiger partial charge in [-0.2, -0.15) is 0 Å². The van der Waals surface area contributed by atoms with E-state index < -0.39 is 30.1 Å². The van der Waals surface area contributed by atoms with Crippen LogP contribution >= 0.6 is 0 Å².